The molecule has 0 unspecified atom stereocenters. The van der Waals surface area contributed by atoms with Crippen LogP contribution in [0.3, 0.4) is 0 Å². The largest absolute Gasteiger partial charge is 0.359 e. The van der Waals surface area contributed by atoms with Crippen LogP contribution in [0.2, 0.25) is 0 Å². The van der Waals surface area contributed by atoms with Crippen LogP contribution in [0.5, 0.6) is 0 Å². The van der Waals surface area contributed by atoms with E-state index in [1.807, 2.05) is 0 Å². The summed E-state index contributed by atoms with van der Waals surface area (Å²) in [5.74, 6) is -1.13. The zero-order valence-corrected chi connectivity index (χ0v) is 9.09. The van der Waals surface area contributed by atoms with E-state index in [9.17, 15) is 14.0 Å². The van der Waals surface area contributed by atoms with Gasteiger partial charge in [0.1, 0.15) is 5.82 Å². The fraction of sp³-hybridized carbons (Fsp3) is 0.0833. The summed E-state index contributed by atoms with van der Waals surface area (Å²) in [6.45, 7) is -0.00599. The number of rotatable bonds is 2. The highest BCUT2D eigenvalue weighted by molar-refractivity contribution is 6.21. The van der Waals surface area contributed by atoms with Crippen molar-refractivity contribution in [3.63, 3.8) is 0 Å². The van der Waals surface area contributed by atoms with Gasteiger partial charge in [0.25, 0.3) is 11.8 Å². The van der Waals surface area contributed by atoms with Gasteiger partial charge < -0.3 is 4.52 Å². The maximum Gasteiger partial charge on any atom is 0.262 e. The average molecular weight is 246 g/mol. The molecule has 0 saturated carbocycles. The van der Waals surface area contributed by atoms with Gasteiger partial charge in [-0.25, -0.2) is 4.39 Å². The Balaban J connectivity index is 1.97. The first-order valence-corrected chi connectivity index (χ1v) is 5.22. The second kappa shape index (κ2) is 3.76. The van der Waals surface area contributed by atoms with Gasteiger partial charge in [0.15, 0.2) is 5.76 Å². The standard InChI is InChI=1S/C12H7FN2O3/c13-7-1-2-9-10(5-7)12(17)15(11(9)16)6-8-3-4-14-18-8/h1-5H,6H2. The molecule has 18 heavy (non-hydrogen) atoms. The molecule has 1 aliphatic rings. The normalized spacial score (nSPS) is 14.2. The molecule has 1 aromatic heterocycles. The first-order chi connectivity index (χ1) is 8.66. The van der Waals surface area contributed by atoms with Crippen molar-refractivity contribution in [1.29, 1.82) is 0 Å². The van der Waals surface area contributed by atoms with Crippen LogP contribution in [0.15, 0.2) is 35.0 Å². The van der Waals surface area contributed by atoms with Gasteiger partial charge in [-0.1, -0.05) is 5.16 Å². The van der Waals surface area contributed by atoms with Crippen molar-refractivity contribution in [1.82, 2.24) is 10.1 Å². The Hall–Kier alpha value is -2.50. The molecule has 3 rings (SSSR count). The minimum atomic E-state index is -0.545. The van der Waals surface area contributed by atoms with Crippen molar-refractivity contribution in [3.8, 4) is 0 Å². The molecule has 6 heteroatoms. The number of aromatic nitrogens is 1. The molecule has 0 bridgehead atoms. The van der Waals surface area contributed by atoms with Crippen LogP contribution in [0.1, 0.15) is 26.5 Å². The maximum atomic E-state index is 13.1. The third kappa shape index (κ3) is 1.50. The molecular weight excluding hydrogens is 239 g/mol. The number of halogens is 1. The molecule has 2 amide bonds. The Bertz CT molecular complexity index is 637. The minimum Gasteiger partial charge on any atom is -0.359 e. The van der Waals surface area contributed by atoms with Crippen LogP contribution in [0, 0.1) is 5.82 Å². The molecule has 2 heterocycles. The summed E-state index contributed by atoms with van der Waals surface area (Å²) in [5, 5.41) is 3.49. The van der Waals surface area contributed by atoms with Gasteiger partial charge in [-0.05, 0) is 18.2 Å². The molecule has 0 aliphatic carbocycles. The lowest BCUT2D eigenvalue weighted by Crippen LogP contribution is -2.28. The molecule has 1 aliphatic heterocycles. The van der Waals surface area contributed by atoms with Crippen molar-refractivity contribution in [2.24, 2.45) is 0 Å². The average Bonchev–Trinajstić information content (AvgIpc) is 2.93. The molecule has 0 saturated heterocycles. The molecule has 0 N–H and O–H groups in total. The van der Waals surface area contributed by atoms with Gasteiger partial charge in [-0.2, -0.15) is 0 Å². The van der Waals surface area contributed by atoms with Gasteiger partial charge in [-0.15, -0.1) is 0 Å². The zero-order valence-electron chi connectivity index (χ0n) is 9.09. The van der Waals surface area contributed by atoms with E-state index in [1.54, 1.807) is 6.07 Å². The first-order valence-electron chi connectivity index (χ1n) is 5.22. The van der Waals surface area contributed by atoms with Gasteiger partial charge in [-0.3, -0.25) is 14.5 Å². The summed E-state index contributed by atoms with van der Waals surface area (Å²) < 4.78 is 17.9. The lowest BCUT2D eigenvalue weighted by Gasteiger charge is -2.10. The number of benzene rings is 1. The van der Waals surface area contributed by atoms with Crippen LogP contribution in [-0.2, 0) is 6.54 Å². The Kier molecular flexibility index (Phi) is 2.22. The van der Waals surface area contributed by atoms with E-state index in [0.717, 1.165) is 17.0 Å². The highest BCUT2D eigenvalue weighted by atomic mass is 19.1. The number of carbonyl (C=O) groups is 2. The highest BCUT2D eigenvalue weighted by Crippen LogP contribution is 2.25. The van der Waals surface area contributed by atoms with E-state index in [2.05, 4.69) is 5.16 Å². The smallest absolute Gasteiger partial charge is 0.262 e. The molecule has 2 aromatic rings. The molecule has 1 aromatic carbocycles. The molecule has 0 radical (unpaired) electrons. The number of hydrogen-bond acceptors (Lipinski definition) is 4. The molecule has 0 spiro atoms. The van der Waals surface area contributed by atoms with Gasteiger partial charge in [0.2, 0.25) is 0 Å². The Morgan fingerprint density at radius 3 is 2.67 bits per heavy atom. The summed E-state index contributed by atoms with van der Waals surface area (Å²) in [6.07, 6.45) is 1.42. The molecular formula is C12H7FN2O3. The zero-order chi connectivity index (χ0) is 12.7. The number of imide groups is 1. The number of carbonyl (C=O) groups excluding carboxylic acids is 2. The van der Waals surface area contributed by atoms with E-state index in [1.165, 1.54) is 12.3 Å². The third-order valence-electron chi connectivity index (χ3n) is 2.74. The van der Waals surface area contributed by atoms with Crippen molar-refractivity contribution >= 4 is 11.8 Å². The van der Waals surface area contributed by atoms with Crippen LogP contribution in [0.4, 0.5) is 4.39 Å². The highest BCUT2D eigenvalue weighted by Gasteiger charge is 2.36. The lowest BCUT2D eigenvalue weighted by molar-refractivity contribution is 0.0628. The van der Waals surface area contributed by atoms with E-state index in [0.29, 0.717) is 5.76 Å². The van der Waals surface area contributed by atoms with E-state index >= 15 is 0 Å². The summed E-state index contributed by atoms with van der Waals surface area (Å²) in [6, 6.07) is 5.09. The minimum absolute atomic E-state index is 0.00599. The van der Waals surface area contributed by atoms with Crippen molar-refractivity contribution in [3.05, 3.63) is 53.2 Å². The topological polar surface area (TPSA) is 63.4 Å². The molecule has 0 atom stereocenters. The summed E-state index contributed by atoms with van der Waals surface area (Å²) in [4.78, 5) is 24.9. The van der Waals surface area contributed by atoms with E-state index < -0.39 is 17.6 Å². The van der Waals surface area contributed by atoms with Crippen LogP contribution in [-0.4, -0.2) is 21.9 Å². The van der Waals surface area contributed by atoms with Crippen LogP contribution < -0.4 is 0 Å². The molecule has 90 valence electrons. The van der Waals surface area contributed by atoms with Crippen molar-refractivity contribution in [2.45, 2.75) is 6.54 Å². The number of fused-ring (bicyclic) bond motifs is 1. The SMILES string of the molecule is O=C1c2ccc(F)cc2C(=O)N1Cc1ccno1. The predicted octanol–water partition coefficient (Wildman–Crippen LogP) is 1.61. The molecule has 0 fully saturated rings. The Morgan fingerprint density at radius 2 is 1.94 bits per heavy atom. The maximum absolute atomic E-state index is 13.1. The van der Waals surface area contributed by atoms with Gasteiger partial charge in [0.05, 0.1) is 23.9 Å². The predicted molar refractivity (Wildman–Crippen MR) is 57.1 cm³/mol. The monoisotopic (exact) mass is 246 g/mol. The van der Waals surface area contributed by atoms with Crippen molar-refractivity contribution < 1.29 is 18.5 Å². The second-order valence-electron chi connectivity index (χ2n) is 3.87. The quantitative estimate of drug-likeness (QED) is 0.755. The Morgan fingerprint density at radius 1 is 1.17 bits per heavy atom. The van der Waals surface area contributed by atoms with Crippen LogP contribution in [0.25, 0.3) is 0 Å². The number of hydrogen-bond donors (Lipinski definition) is 0. The van der Waals surface area contributed by atoms with Gasteiger partial charge >= 0.3 is 0 Å². The fourth-order valence-electron chi connectivity index (χ4n) is 1.89. The summed E-state index contributed by atoms with van der Waals surface area (Å²) >= 11 is 0. The van der Waals surface area contributed by atoms with E-state index in [-0.39, 0.29) is 17.7 Å². The van der Waals surface area contributed by atoms with Gasteiger partial charge in [0, 0.05) is 6.07 Å². The summed E-state index contributed by atoms with van der Waals surface area (Å²) in [7, 11) is 0. The fourth-order valence-corrected chi connectivity index (χ4v) is 1.89. The van der Waals surface area contributed by atoms with E-state index in [4.69, 9.17) is 4.52 Å². The number of amides is 2. The molecule has 5 nitrogen and oxygen atoms in total. The van der Waals surface area contributed by atoms with Crippen LogP contribution >= 0.6 is 0 Å². The Labute approximate surface area is 101 Å². The third-order valence-corrected chi connectivity index (χ3v) is 2.74. The van der Waals surface area contributed by atoms with Crippen molar-refractivity contribution in [2.75, 3.05) is 0 Å². The second-order valence-corrected chi connectivity index (χ2v) is 3.87. The lowest BCUT2D eigenvalue weighted by atomic mass is 10.1. The first kappa shape index (κ1) is 10.6. The number of nitrogens with zero attached hydrogens (tertiary/aromatic N) is 2. The summed E-state index contributed by atoms with van der Waals surface area (Å²) in [5.41, 5.74) is 0.292.